The summed E-state index contributed by atoms with van der Waals surface area (Å²) < 4.78 is 34.0. The predicted molar refractivity (Wildman–Crippen MR) is 55.5 cm³/mol. The van der Waals surface area contributed by atoms with E-state index in [1.807, 2.05) is 0 Å². The van der Waals surface area contributed by atoms with Crippen LogP contribution in [-0.2, 0) is 5.41 Å². The summed E-state index contributed by atoms with van der Waals surface area (Å²) in [5.41, 5.74) is 3.31. The van der Waals surface area contributed by atoms with Crippen molar-refractivity contribution in [2.24, 2.45) is 0 Å². The Hall–Kier alpha value is -0.690. The summed E-state index contributed by atoms with van der Waals surface area (Å²) in [4.78, 5) is 1.54. The minimum Gasteiger partial charge on any atom is -0.302 e. The predicted octanol–water partition coefficient (Wildman–Crippen LogP) is -3.24. The van der Waals surface area contributed by atoms with Crippen LogP contribution in [0.25, 0.3) is 0 Å². The molecule has 6 heteroatoms. The van der Waals surface area contributed by atoms with Crippen LogP contribution in [0, 0.1) is 10.2 Å². The fourth-order valence-electron chi connectivity index (χ4n) is 2.40. The third kappa shape index (κ3) is 3.41. The molecule has 1 aliphatic heterocycles. The average Bonchev–Trinajstić information content (AvgIpc) is 2.40. The molecule has 2 rings (SSSR count). The SMILES string of the molecule is CC1[NH+](C)c2ccccc2C1(C)C.[O-][Cl+3]([O-])([O-])[O-]. The summed E-state index contributed by atoms with van der Waals surface area (Å²) in [5.74, 6) is 0. The van der Waals surface area contributed by atoms with Crippen molar-refractivity contribution >= 4 is 5.69 Å². The van der Waals surface area contributed by atoms with Gasteiger partial charge < -0.3 is 4.90 Å². The molecule has 1 aliphatic rings. The number of nitrogens with one attached hydrogen (secondary N) is 1. The van der Waals surface area contributed by atoms with Crippen molar-refractivity contribution in [3.63, 3.8) is 0 Å². The van der Waals surface area contributed by atoms with Gasteiger partial charge in [0.1, 0.15) is 5.69 Å². The van der Waals surface area contributed by atoms with E-state index < -0.39 is 10.2 Å². The van der Waals surface area contributed by atoms with Crippen LogP contribution in [0.5, 0.6) is 0 Å². The molecule has 0 bridgehead atoms. The zero-order valence-electron chi connectivity index (χ0n) is 10.9. The Morgan fingerprint density at radius 2 is 1.56 bits per heavy atom. The van der Waals surface area contributed by atoms with Gasteiger partial charge >= 0.3 is 0 Å². The number of quaternary nitrogens is 1. The van der Waals surface area contributed by atoms with Crippen molar-refractivity contribution in [3.8, 4) is 0 Å². The average molecular weight is 276 g/mol. The van der Waals surface area contributed by atoms with Crippen molar-refractivity contribution in [2.75, 3.05) is 7.05 Å². The van der Waals surface area contributed by atoms with Gasteiger partial charge in [-0.1, -0.05) is 18.2 Å². The Labute approximate surface area is 109 Å². The quantitative estimate of drug-likeness (QED) is 0.538. The molecular formula is C12H18ClNO4. The normalized spacial score (nSPS) is 25.1. The van der Waals surface area contributed by atoms with Crippen molar-refractivity contribution < 1.29 is 33.8 Å². The Bertz CT molecular complexity index is 411. The zero-order valence-corrected chi connectivity index (χ0v) is 11.7. The highest BCUT2D eigenvalue weighted by atomic mass is 35.7. The van der Waals surface area contributed by atoms with Crippen molar-refractivity contribution in [1.29, 1.82) is 0 Å². The molecule has 0 aliphatic carbocycles. The van der Waals surface area contributed by atoms with Gasteiger partial charge in [-0.3, -0.25) is 0 Å². The number of rotatable bonds is 0. The smallest absolute Gasteiger partial charge is 0.135 e. The number of benzene rings is 1. The molecule has 0 aromatic heterocycles. The lowest BCUT2D eigenvalue weighted by Crippen LogP contribution is -3.07. The Balaban J connectivity index is 0.000000280. The Morgan fingerprint density at radius 3 is 2.00 bits per heavy atom. The molecular weight excluding hydrogens is 258 g/mol. The van der Waals surface area contributed by atoms with Crippen LogP contribution >= 0.6 is 0 Å². The summed E-state index contributed by atoms with van der Waals surface area (Å²) in [6.45, 7) is 7.01. The van der Waals surface area contributed by atoms with E-state index in [9.17, 15) is 0 Å². The van der Waals surface area contributed by atoms with Gasteiger partial charge in [-0.2, -0.15) is 0 Å². The molecule has 0 radical (unpaired) electrons. The number of hydrogen-bond acceptors (Lipinski definition) is 4. The third-order valence-corrected chi connectivity index (χ3v) is 3.78. The van der Waals surface area contributed by atoms with Crippen molar-refractivity contribution in [2.45, 2.75) is 32.2 Å². The maximum absolute atomic E-state index is 8.49. The number of para-hydroxylation sites is 1. The van der Waals surface area contributed by atoms with Gasteiger partial charge in [-0.25, -0.2) is 18.6 Å². The van der Waals surface area contributed by atoms with Crippen LogP contribution in [0.2, 0.25) is 0 Å². The molecule has 0 spiro atoms. The molecule has 2 atom stereocenters. The van der Waals surface area contributed by atoms with Gasteiger partial charge in [0, 0.05) is 11.0 Å². The first-order chi connectivity index (χ1) is 8.05. The van der Waals surface area contributed by atoms with Gasteiger partial charge in [0.15, 0.2) is 0 Å². The molecule has 0 saturated carbocycles. The van der Waals surface area contributed by atoms with Crippen molar-refractivity contribution in [3.05, 3.63) is 29.8 Å². The summed E-state index contributed by atoms with van der Waals surface area (Å²) in [6.07, 6.45) is 0. The molecule has 1 heterocycles. The summed E-state index contributed by atoms with van der Waals surface area (Å²) in [5, 5.41) is 0. The Morgan fingerprint density at radius 1 is 1.11 bits per heavy atom. The number of fused-ring (bicyclic) bond motifs is 1. The van der Waals surface area contributed by atoms with Crippen LogP contribution in [0.15, 0.2) is 24.3 Å². The third-order valence-electron chi connectivity index (χ3n) is 3.78. The van der Waals surface area contributed by atoms with E-state index in [-0.39, 0.29) is 0 Å². The maximum atomic E-state index is 8.49. The standard InChI is InChI=1S/C12H17N.ClHO4/c1-9-12(2,3)10-7-5-6-8-11(10)13(9)4;2-1(3,4)5/h5-9H,1-4H3;(H,2,3,4,5). The molecule has 102 valence electrons. The van der Waals surface area contributed by atoms with Crippen LogP contribution in [0.4, 0.5) is 5.69 Å². The molecule has 0 amide bonds. The van der Waals surface area contributed by atoms with E-state index in [2.05, 4.69) is 52.1 Å². The molecule has 5 nitrogen and oxygen atoms in total. The Kier molecular flexibility index (Phi) is 4.38. The molecule has 0 saturated heterocycles. The van der Waals surface area contributed by atoms with Crippen LogP contribution in [0.3, 0.4) is 0 Å². The van der Waals surface area contributed by atoms with E-state index in [4.69, 9.17) is 18.6 Å². The van der Waals surface area contributed by atoms with Gasteiger partial charge in [-0.15, -0.1) is 10.2 Å². The van der Waals surface area contributed by atoms with E-state index in [1.165, 1.54) is 11.3 Å². The second-order valence-corrected chi connectivity index (χ2v) is 5.81. The van der Waals surface area contributed by atoms with Crippen LogP contribution < -0.4 is 23.5 Å². The highest BCUT2D eigenvalue weighted by Gasteiger charge is 2.44. The molecule has 1 N–H and O–H groups in total. The molecule has 1 aromatic rings. The first kappa shape index (κ1) is 15.4. The minimum absolute atomic E-state index is 0.320. The molecule has 0 fully saturated rings. The lowest BCUT2D eigenvalue weighted by Gasteiger charge is -2.23. The maximum Gasteiger partial charge on any atom is 0.135 e. The highest BCUT2D eigenvalue weighted by Crippen LogP contribution is 2.35. The zero-order chi connectivity index (χ0) is 14.1. The fourth-order valence-corrected chi connectivity index (χ4v) is 2.40. The number of likely N-dealkylation sites (N-methyl/N-ethyl adjacent to an activating group) is 1. The lowest BCUT2D eigenvalue weighted by molar-refractivity contribution is -2.00. The highest BCUT2D eigenvalue weighted by molar-refractivity contribution is 5.47. The first-order valence-corrected chi connectivity index (χ1v) is 6.83. The molecule has 1 aromatic carbocycles. The van der Waals surface area contributed by atoms with Crippen molar-refractivity contribution in [1.82, 2.24) is 0 Å². The van der Waals surface area contributed by atoms with Crippen LogP contribution in [-0.4, -0.2) is 13.1 Å². The summed E-state index contributed by atoms with van der Waals surface area (Å²) in [6, 6.07) is 9.46. The van der Waals surface area contributed by atoms with E-state index in [0.29, 0.717) is 11.5 Å². The number of halogens is 1. The van der Waals surface area contributed by atoms with E-state index in [0.717, 1.165) is 0 Å². The largest absolute Gasteiger partial charge is 0.302 e. The van der Waals surface area contributed by atoms with Gasteiger partial charge in [0.2, 0.25) is 0 Å². The lowest BCUT2D eigenvalue weighted by atomic mass is 9.81. The van der Waals surface area contributed by atoms with Gasteiger partial charge in [-0.05, 0) is 26.8 Å². The first-order valence-electron chi connectivity index (χ1n) is 5.60. The monoisotopic (exact) mass is 275 g/mol. The van der Waals surface area contributed by atoms with Gasteiger partial charge in [0.05, 0.1) is 13.1 Å². The number of hydrogen-bond donors (Lipinski definition) is 1. The molecule has 2 unspecified atom stereocenters. The molecule has 18 heavy (non-hydrogen) atoms. The summed E-state index contributed by atoms with van der Waals surface area (Å²) >= 11 is 0. The van der Waals surface area contributed by atoms with Gasteiger partial charge in [0.25, 0.3) is 0 Å². The fraction of sp³-hybridized carbons (Fsp3) is 0.500. The van der Waals surface area contributed by atoms with Crippen LogP contribution in [0.1, 0.15) is 26.3 Å². The second kappa shape index (κ2) is 5.13. The second-order valence-electron chi connectivity index (χ2n) is 5.05. The topological polar surface area (TPSA) is 96.7 Å². The minimum atomic E-state index is -4.94. The van der Waals surface area contributed by atoms with E-state index >= 15 is 0 Å². The van der Waals surface area contributed by atoms with E-state index in [1.54, 1.807) is 4.90 Å². The summed E-state index contributed by atoms with van der Waals surface area (Å²) in [7, 11) is -2.68.